The first-order valence-corrected chi connectivity index (χ1v) is 26.1. The number of ketones is 1. The van der Waals surface area contributed by atoms with Crippen LogP contribution in [-0.4, -0.2) is 167 Å². The first-order chi connectivity index (χ1) is 34.8. The van der Waals surface area contributed by atoms with E-state index in [9.17, 15) is 53.1 Å². The third-order valence-electron chi connectivity index (χ3n) is 14.1. The van der Waals surface area contributed by atoms with Gasteiger partial charge in [-0.1, -0.05) is 73.9 Å². The highest BCUT2D eigenvalue weighted by molar-refractivity contribution is 6.35. The van der Waals surface area contributed by atoms with Crippen molar-refractivity contribution >= 4 is 59.1 Å². The molecule has 74 heavy (non-hydrogen) atoms. The van der Waals surface area contributed by atoms with Gasteiger partial charge in [-0.25, -0.2) is 4.79 Å². The molecule has 3 aliphatic rings. The molecule has 3 fully saturated rings. The summed E-state index contributed by atoms with van der Waals surface area (Å²) in [6.45, 7) is 16.9. The topological polar surface area (TPSA) is 276 Å². The van der Waals surface area contributed by atoms with E-state index in [2.05, 4.69) is 21.3 Å². The molecule has 3 saturated heterocycles. The first kappa shape index (κ1) is 60.4. The number of nitrogens with one attached hydrogen (secondary N) is 4. The fourth-order valence-corrected chi connectivity index (χ4v) is 9.73. The van der Waals surface area contributed by atoms with E-state index in [1.54, 1.807) is 65.8 Å². The van der Waals surface area contributed by atoms with E-state index < -0.39 is 138 Å². The Morgan fingerprint density at radius 1 is 0.865 bits per heavy atom. The first-order valence-electron chi connectivity index (χ1n) is 26.1. The molecular formula is C53H81N7O14. The third-order valence-corrected chi connectivity index (χ3v) is 14.1. The lowest BCUT2D eigenvalue weighted by Crippen LogP contribution is -2.62. The van der Waals surface area contributed by atoms with Crippen LogP contribution in [-0.2, 0) is 63.8 Å². The molecule has 1 aromatic carbocycles. The Bertz CT molecular complexity index is 2190. The van der Waals surface area contributed by atoms with Crippen molar-refractivity contribution in [3.05, 3.63) is 29.8 Å². The molecule has 0 spiro atoms. The predicted octanol–water partition coefficient (Wildman–Crippen LogP) is 1.98. The number of hydrogen-bond donors (Lipinski definition) is 5. The Labute approximate surface area is 435 Å². The van der Waals surface area contributed by atoms with Gasteiger partial charge < -0.3 is 55.3 Å². The number of cyclic esters (lactones) is 2. The second kappa shape index (κ2) is 27.4. The molecule has 0 aliphatic carbocycles. The fourth-order valence-electron chi connectivity index (χ4n) is 9.73. The highest BCUT2D eigenvalue weighted by atomic mass is 16.6. The van der Waals surface area contributed by atoms with Crippen LogP contribution in [0.5, 0.6) is 5.75 Å². The van der Waals surface area contributed by atoms with Gasteiger partial charge in [-0.2, -0.15) is 0 Å². The Balaban J connectivity index is 1.85. The number of ether oxygens (including phenoxy) is 3. The van der Waals surface area contributed by atoms with Crippen LogP contribution in [0.3, 0.4) is 0 Å². The minimum absolute atomic E-state index is 0.0505. The number of benzene rings is 1. The van der Waals surface area contributed by atoms with Crippen LogP contribution in [0.2, 0.25) is 0 Å². The molecule has 0 bridgehead atoms. The molecule has 5 N–H and O–H groups in total. The maximum absolute atomic E-state index is 14.8. The number of Topliss-reactive ketones (excluding diaryl/α,β-unsaturated/α-hetero) is 1. The molecule has 0 aromatic heterocycles. The largest absolute Gasteiger partial charge is 0.497 e. The number of likely N-dealkylation sites (tertiary alicyclic amines) is 1. The van der Waals surface area contributed by atoms with Crippen LogP contribution < -0.4 is 26.0 Å². The molecule has 21 heteroatoms. The molecule has 0 unspecified atom stereocenters. The van der Waals surface area contributed by atoms with E-state index in [1.807, 2.05) is 13.8 Å². The number of likely N-dealkylation sites (N-methyl/N-ethyl adjacent to an activating group) is 1. The lowest BCUT2D eigenvalue weighted by atomic mass is 9.92. The number of fused-ring (bicyclic) bond motifs is 1. The van der Waals surface area contributed by atoms with Crippen LogP contribution in [0, 0.1) is 23.7 Å². The molecule has 3 heterocycles. The third kappa shape index (κ3) is 15.9. The minimum Gasteiger partial charge on any atom is -0.497 e. The summed E-state index contributed by atoms with van der Waals surface area (Å²) in [5.41, 5.74) is 0.590. The van der Waals surface area contributed by atoms with Gasteiger partial charge in [-0.05, 0) is 86.8 Å². The van der Waals surface area contributed by atoms with E-state index in [-0.39, 0.29) is 57.0 Å². The van der Waals surface area contributed by atoms with E-state index in [4.69, 9.17) is 14.2 Å². The van der Waals surface area contributed by atoms with Crippen molar-refractivity contribution < 1.29 is 67.3 Å². The summed E-state index contributed by atoms with van der Waals surface area (Å²) in [5.74, 6) is -8.83. The second-order valence-electron chi connectivity index (χ2n) is 21.3. The van der Waals surface area contributed by atoms with Gasteiger partial charge in [-0.15, -0.1) is 0 Å². The molecule has 11 atom stereocenters. The van der Waals surface area contributed by atoms with Gasteiger partial charge in [0.15, 0.2) is 6.10 Å². The number of nitrogens with zero attached hydrogens (tertiary/aromatic N) is 3. The normalized spacial score (nSPS) is 26.9. The summed E-state index contributed by atoms with van der Waals surface area (Å²) in [6.07, 6.45) is -3.38. The number of carbonyl (C=O) groups excluding carboxylic acids is 10. The molecule has 7 amide bonds. The summed E-state index contributed by atoms with van der Waals surface area (Å²) in [6, 6.07) is -2.06. The standard InChI is InChI=1S/C53H81N7O14/c1-13-31(8)43-41(62)27-42(63)74-45(30(6)7)49(67)55-37(25-29(4)5)51(69)60-23-15-17-39(60)52(70)58(11)40(26-34-18-20-35(72-12)21-19-34)53(71)73-33(10)44(48(66)56-43)57-46(64)36(24-28(2)3)54-47(65)38-16-14-22-59(38)50(68)32(9)61/h18-21,28-31,33,36-41,43-45,62H,13-17,22-27H2,1-12H3,(H,54,65)(H,55,67)(H,56,66)(H,57,64)/t31-,33+,36+,37-,38-,39-,40-,41-,43+,44-,45-/m0/s1. The molecule has 0 saturated carbocycles. The van der Waals surface area contributed by atoms with E-state index in [0.717, 1.165) is 11.8 Å². The Kier molecular flexibility index (Phi) is 22.4. The molecule has 21 nitrogen and oxygen atoms in total. The Morgan fingerprint density at radius 3 is 2.09 bits per heavy atom. The van der Waals surface area contributed by atoms with Crippen LogP contribution in [0.1, 0.15) is 126 Å². The minimum atomic E-state index is -1.74. The average Bonchev–Trinajstić information content (AvgIpc) is 4.05. The van der Waals surface area contributed by atoms with Gasteiger partial charge >= 0.3 is 11.9 Å². The van der Waals surface area contributed by atoms with Crippen LogP contribution in [0.15, 0.2) is 24.3 Å². The highest BCUT2D eigenvalue weighted by Gasteiger charge is 2.45. The summed E-state index contributed by atoms with van der Waals surface area (Å²) in [4.78, 5) is 144. The van der Waals surface area contributed by atoms with Crippen molar-refractivity contribution in [2.24, 2.45) is 23.7 Å². The summed E-state index contributed by atoms with van der Waals surface area (Å²) in [7, 11) is 2.91. The average molecular weight is 1040 g/mol. The maximum Gasteiger partial charge on any atom is 0.329 e. The zero-order valence-electron chi connectivity index (χ0n) is 45.3. The SMILES string of the molecule is CC[C@H](C)[C@H]1NC(=O)[C@@H](NC(=O)[C@@H](CC(C)C)NC(=O)[C@@H]2CCCN2C(=O)C(C)=O)[C@@H](C)OC(=O)[C@H](Cc2ccc(OC)cc2)N(C)C(=O)[C@@H]2CCCN2C(=O)[C@H](CC(C)C)NC(=O)[C@H](C(C)C)OC(=O)C[C@@H]1O. The number of hydrogen-bond acceptors (Lipinski definition) is 14. The number of aliphatic hydroxyl groups excluding tert-OH is 1. The second-order valence-corrected chi connectivity index (χ2v) is 21.3. The lowest BCUT2D eigenvalue weighted by molar-refractivity contribution is -0.162. The monoisotopic (exact) mass is 1040 g/mol. The van der Waals surface area contributed by atoms with E-state index in [0.29, 0.717) is 30.6 Å². The number of carbonyl (C=O) groups is 10. The van der Waals surface area contributed by atoms with Crippen LogP contribution in [0.25, 0.3) is 0 Å². The van der Waals surface area contributed by atoms with Crippen LogP contribution in [0.4, 0.5) is 0 Å². The van der Waals surface area contributed by atoms with Crippen molar-refractivity contribution in [2.75, 3.05) is 27.2 Å². The van der Waals surface area contributed by atoms with Crippen molar-refractivity contribution in [1.82, 2.24) is 36.0 Å². The molecule has 4 rings (SSSR count). The number of aliphatic hydroxyl groups is 1. The molecular weight excluding hydrogens is 959 g/mol. The van der Waals surface area contributed by atoms with Gasteiger partial charge in [-0.3, -0.25) is 43.2 Å². The van der Waals surface area contributed by atoms with Gasteiger partial charge in [0, 0.05) is 33.5 Å². The Hall–Kier alpha value is -6.12. The molecule has 0 radical (unpaired) electrons. The van der Waals surface area contributed by atoms with Gasteiger partial charge in [0.05, 0.1) is 25.7 Å². The van der Waals surface area contributed by atoms with Crippen molar-refractivity contribution in [3.63, 3.8) is 0 Å². The zero-order chi connectivity index (χ0) is 55.3. The zero-order valence-corrected chi connectivity index (χ0v) is 45.3. The van der Waals surface area contributed by atoms with Gasteiger partial charge in [0.1, 0.15) is 48.1 Å². The molecule has 1 aromatic rings. The van der Waals surface area contributed by atoms with Gasteiger partial charge in [0.25, 0.3) is 11.8 Å². The summed E-state index contributed by atoms with van der Waals surface area (Å²) in [5, 5.41) is 22.7. The summed E-state index contributed by atoms with van der Waals surface area (Å²) >= 11 is 0. The predicted molar refractivity (Wildman–Crippen MR) is 270 cm³/mol. The molecule has 412 valence electrons. The number of amides is 7. The van der Waals surface area contributed by atoms with Gasteiger partial charge in [0.2, 0.25) is 35.3 Å². The quantitative estimate of drug-likeness (QED) is 0.124. The highest BCUT2D eigenvalue weighted by Crippen LogP contribution is 2.26. The maximum atomic E-state index is 14.8. The molecule has 3 aliphatic heterocycles. The lowest BCUT2D eigenvalue weighted by Gasteiger charge is -2.35. The number of methoxy groups -OCH3 is 1. The smallest absolute Gasteiger partial charge is 0.329 e. The van der Waals surface area contributed by atoms with Crippen LogP contribution >= 0.6 is 0 Å². The van der Waals surface area contributed by atoms with Crippen molar-refractivity contribution in [2.45, 2.75) is 188 Å². The van der Waals surface area contributed by atoms with E-state index in [1.165, 1.54) is 30.9 Å². The number of esters is 2. The Morgan fingerprint density at radius 2 is 1.51 bits per heavy atom. The van der Waals surface area contributed by atoms with Crippen molar-refractivity contribution in [3.8, 4) is 5.75 Å². The number of rotatable bonds is 15. The van der Waals surface area contributed by atoms with Crippen molar-refractivity contribution in [1.29, 1.82) is 0 Å². The summed E-state index contributed by atoms with van der Waals surface area (Å²) < 4.78 is 17.2. The van der Waals surface area contributed by atoms with E-state index >= 15 is 0 Å². The fraction of sp³-hybridized carbons (Fsp3) is 0.698.